The van der Waals surface area contributed by atoms with Crippen molar-refractivity contribution in [1.29, 1.82) is 5.26 Å². The number of halogens is 1. The third-order valence-corrected chi connectivity index (χ3v) is 5.70. The number of fused-ring (bicyclic) bond motifs is 1. The largest absolute Gasteiger partial charge is 0.456 e. The molecule has 2 aliphatic rings. The first-order valence-electron chi connectivity index (χ1n) is 9.15. The molecule has 2 heterocycles. The Kier molecular flexibility index (Phi) is 4.96. The minimum absolute atomic E-state index is 0.0883. The summed E-state index contributed by atoms with van der Waals surface area (Å²) in [5.41, 5.74) is 1.04. The molecule has 1 N–H and O–H groups in total. The summed E-state index contributed by atoms with van der Waals surface area (Å²) in [4.78, 5) is 24.8. The molecule has 1 aliphatic heterocycles. The van der Waals surface area contributed by atoms with Crippen molar-refractivity contribution in [1.82, 2.24) is 5.32 Å². The summed E-state index contributed by atoms with van der Waals surface area (Å²) >= 11 is 6.11. The molecule has 6 nitrogen and oxygen atoms in total. The Labute approximate surface area is 167 Å². The van der Waals surface area contributed by atoms with Gasteiger partial charge in [-0.15, -0.1) is 0 Å². The summed E-state index contributed by atoms with van der Waals surface area (Å²) in [6, 6.07) is 10.8. The lowest BCUT2D eigenvalue weighted by Crippen LogP contribution is -2.30. The molecule has 2 fully saturated rings. The van der Waals surface area contributed by atoms with Gasteiger partial charge in [0.2, 0.25) is 0 Å². The van der Waals surface area contributed by atoms with Crippen LogP contribution in [0, 0.1) is 23.2 Å². The number of hydrogen-bond acceptors (Lipinski definition) is 5. The number of nitrogens with zero attached hydrogens (tertiary/aromatic N) is 1. The molecule has 7 heteroatoms. The van der Waals surface area contributed by atoms with Gasteiger partial charge in [-0.05, 0) is 17.7 Å². The third-order valence-electron chi connectivity index (χ3n) is 5.47. The quantitative estimate of drug-likeness (QED) is 0.751. The van der Waals surface area contributed by atoms with Gasteiger partial charge >= 0.3 is 0 Å². The summed E-state index contributed by atoms with van der Waals surface area (Å²) in [5.74, 6) is 0.0517. The van der Waals surface area contributed by atoms with Crippen LogP contribution in [0.4, 0.5) is 0 Å². The second kappa shape index (κ2) is 7.42. The molecule has 4 atom stereocenters. The van der Waals surface area contributed by atoms with Crippen LogP contribution in [-0.4, -0.2) is 30.9 Å². The van der Waals surface area contributed by atoms with Crippen LogP contribution in [0.25, 0.3) is 0 Å². The number of ether oxygens (including phenoxy) is 1. The minimum Gasteiger partial charge on any atom is -0.456 e. The van der Waals surface area contributed by atoms with E-state index in [1.165, 1.54) is 13.0 Å². The number of rotatable bonds is 6. The van der Waals surface area contributed by atoms with Crippen molar-refractivity contribution in [2.45, 2.75) is 25.3 Å². The summed E-state index contributed by atoms with van der Waals surface area (Å²) < 4.78 is 11.1. The number of benzene rings is 1. The maximum atomic E-state index is 13.0. The van der Waals surface area contributed by atoms with E-state index in [0.29, 0.717) is 35.8 Å². The molecule has 4 rings (SSSR count). The lowest BCUT2D eigenvalue weighted by Gasteiger charge is -2.15. The van der Waals surface area contributed by atoms with Crippen molar-refractivity contribution in [3.05, 3.63) is 58.0 Å². The van der Waals surface area contributed by atoms with Crippen molar-refractivity contribution >= 4 is 23.3 Å². The number of ketones is 1. The Morgan fingerprint density at radius 2 is 2.07 bits per heavy atom. The van der Waals surface area contributed by atoms with E-state index >= 15 is 0 Å². The van der Waals surface area contributed by atoms with E-state index < -0.39 is 5.92 Å². The van der Waals surface area contributed by atoms with E-state index in [1.807, 2.05) is 6.07 Å². The summed E-state index contributed by atoms with van der Waals surface area (Å²) in [6.45, 7) is 2.70. The molecule has 0 radical (unpaired) electrons. The molecule has 1 aliphatic carbocycles. The maximum absolute atomic E-state index is 13.0. The molecule has 1 aromatic heterocycles. The van der Waals surface area contributed by atoms with Gasteiger partial charge in [0.25, 0.3) is 5.91 Å². The van der Waals surface area contributed by atoms with E-state index in [9.17, 15) is 14.9 Å². The number of nitrogens with one attached hydrogen (secondary N) is 1. The first-order chi connectivity index (χ1) is 13.5. The molecular weight excluding hydrogens is 380 g/mol. The summed E-state index contributed by atoms with van der Waals surface area (Å²) in [6.07, 6.45) is 0.0913. The molecule has 1 unspecified atom stereocenters. The van der Waals surface area contributed by atoms with Gasteiger partial charge < -0.3 is 14.5 Å². The van der Waals surface area contributed by atoms with Crippen LogP contribution in [0.5, 0.6) is 0 Å². The Balaban J connectivity index is 1.68. The van der Waals surface area contributed by atoms with Gasteiger partial charge in [-0.25, -0.2) is 0 Å². The first-order valence-corrected chi connectivity index (χ1v) is 9.53. The summed E-state index contributed by atoms with van der Waals surface area (Å²) in [7, 11) is 0. The maximum Gasteiger partial charge on any atom is 0.255 e. The zero-order chi connectivity index (χ0) is 19.8. The monoisotopic (exact) mass is 398 g/mol. The van der Waals surface area contributed by atoms with Crippen LogP contribution in [0.1, 0.15) is 51.5 Å². The first kappa shape index (κ1) is 18.7. The van der Waals surface area contributed by atoms with Crippen LogP contribution >= 0.6 is 11.6 Å². The Hall–Kier alpha value is -2.62. The zero-order valence-corrected chi connectivity index (χ0v) is 16.0. The molecule has 1 saturated carbocycles. The van der Waals surface area contributed by atoms with Gasteiger partial charge in [-0.2, -0.15) is 5.26 Å². The molecule has 0 bridgehead atoms. The number of hydrogen-bond donors (Lipinski definition) is 1. The number of furan rings is 1. The molecule has 28 heavy (non-hydrogen) atoms. The van der Waals surface area contributed by atoms with E-state index in [0.717, 1.165) is 5.56 Å². The highest BCUT2D eigenvalue weighted by molar-refractivity contribution is 6.30. The molecular formula is C21H19ClN2O4. The Morgan fingerprint density at radius 1 is 1.32 bits per heavy atom. The normalized spacial score (nSPS) is 23.5. The van der Waals surface area contributed by atoms with E-state index in [4.69, 9.17) is 20.8 Å². The second-order valence-electron chi connectivity index (χ2n) is 7.28. The molecule has 144 valence electrons. The molecule has 1 aromatic carbocycles. The average Bonchev–Trinajstić information content (AvgIpc) is 3.07. The van der Waals surface area contributed by atoms with Crippen LogP contribution in [0.15, 0.2) is 34.7 Å². The van der Waals surface area contributed by atoms with Gasteiger partial charge in [0.15, 0.2) is 11.5 Å². The smallest absolute Gasteiger partial charge is 0.255 e. The van der Waals surface area contributed by atoms with Gasteiger partial charge in [0, 0.05) is 42.3 Å². The predicted octanol–water partition coefficient (Wildman–Crippen LogP) is 3.56. The fourth-order valence-corrected chi connectivity index (χ4v) is 4.07. The number of nitriles is 1. The Morgan fingerprint density at radius 3 is 2.71 bits per heavy atom. The molecule has 2 aromatic rings. The van der Waals surface area contributed by atoms with Gasteiger partial charge in [-0.3, -0.25) is 9.59 Å². The fourth-order valence-electron chi connectivity index (χ4n) is 3.87. The number of carbonyl (C=O) groups is 2. The van der Waals surface area contributed by atoms with Crippen molar-refractivity contribution in [3.63, 3.8) is 0 Å². The predicted molar refractivity (Wildman–Crippen MR) is 101 cm³/mol. The van der Waals surface area contributed by atoms with Crippen molar-refractivity contribution in [2.75, 3.05) is 13.2 Å². The topological polar surface area (TPSA) is 92.3 Å². The van der Waals surface area contributed by atoms with Gasteiger partial charge in [0.1, 0.15) is 5.76 Å². The lowest BCUT2D eigenvalue weighted by atomic mass is 9.91. The van der Waals surface area contributed by atoms with Crippen molar-refractivity contribution < 1.29 is 18.7 Å². The SMILES string of the molecule is CC(=O)c1cc(C(=O)N[C@H]2[C@@H]3COC[C@@H]32)c(C(CC#N)c2cccc(Cl)c2)o1. The van der Waals surface area contributed by atoms with Crippen molar-refractivity contribution in [3.8, 4) is 6.07 Å². The highest BCUT2D eigenvalue weighted by atomic mass is 35.5. The number of Topliss-reactive ketones (excluding diaryl/α,β-unsaturated/α-hetero) is 1. The molecule has 1 saturated heterocycles. The Bertz CT molecular complexity index is 967. The van der Waals surface area contributed by atoms with Crippen LogP contribution < -0.4 is 5.32 Å². The fraction of sp³-hybridized carbons (Fsp3) is 0.381. The van der Waals surface area contributed by atoms with E-state index in [2.05, 4.69) is 11.4 Å². The van der Waals surface area contributed by atoms with Crippen molar-refractivity contribution in [2.24, 2.45) is 11.8 Å². The molecule has 0 spiro atoms. The second-order valence-corrected chi connectivity index (χ2v) is 7.72. The lowest BCUT2D eigenvalue weighted by molar-refractivity contribution is 0.0924. The van der Waals surface area contributed by atoms with Gasteiger partial charge in [0.05, 0.1) is 30.8 Å². The van der Waals surface area contributed by atoms with Gasteiger partial charge in [-0.1, -0.05) is 23.7 Å². The summed E-state index contributed by atoms with van der Waals surface area (Å²) in [5, 5.41) is 12.9. The van der Waals surface area contributed by atoms with E-state index in [-0.39, 0.29) is 35.5 Å². The zero-order valence-electron chi connectivity index (χ0n) is 15.3. The van der Waals surface area contributed by atoms with Crippen LogP contribution in [0.2, 0.25) is 5.02 Å². The van der Waals surface area contributed by atoms with Crippen LogP contribution in [0.3, 0.4) is 0 Å². The van der Waals surface area contributed by atoms with Crippen LogP contribution in [-0.2, 0) is 4.74 Å². The number of carbonyl (C=O) groups excluding carboxylic acids is 2. The average molecular weight is 399 g/mol. The number of amides is 1. The standard InChI is InChI=1S/C21H19ClN2O4/c1-11(25)18-8-15(21(26)24-19-16-9-27-10-17(16)19)20(28-18)14(5-6-23)12-3-2-4-13(22)7-12/h2-4,7-8,14,16-17,19H,5,9-10H2,1H3,(H,24,26)/t14?,16-,17+,19+. The third kappa shape index (κ3) is 3.44. The molecule has 1 amide bonds. The minimum atomic E-state index is -0.500. The highest BCUT2D eigenvalue weighted by Crippen LogP contribution is 2.44. The highest BCUT2D eigenvalue weighted by Gasteiger charge is 2.55. The van der Waals surface area contributed by atoms with E-state index in [1.54, 1.807) is 18.2 Å².